The normalized spacial score (nSPS) is 10.5. The smallest absolute Gasteiger partial charge is 0.256 e. The Bertz CT molecular complexity index is 1080. The van der Waals surface area contributed by atoms with Crippen LogP contribution in [0, 0.1) is 0 Å². The SMILES string of the molecule is O=C(Nc1cccc(Cn2cccn2)c1)c1ccccc1COc1ccccc1. The Morgan fingerprint density at radius 1 is 0.931 bits per heavy atom. The number of carbonyl (C=O) groups is 1. The predicted molar refractivity (Wildman–Crippen MR) is 113 cm³/mol. The average molecular weight is 383 g/mol. The third-order valence-corrected chi connectivity index (χ3v) is 4.49. The number of aromatic nitrogens is 2. The van der Waals surface area contributed by atoms with E-state index in [0.717, 1.165) is 22.6 Å². The zero-order valence-corrected chi connectivity index (χ0v) is 15.9. The lowest BCUT2D eigenvalue weighted by Gasteiger charge is -2.12. The highest BCUT2D eigenvalue weighted by atomic mass is 16.5. The van der Waals surface area contributed by atoms with Crippen LogP contribution in [-0.2, 0) is 13.2 Å². The highest BCUT2D eigenvalue weighted by Crippen LogP contribution is 2.17. The lowest BCUT2D eigenvalue weighted by atomic mass is 10.1. The van der Waals surface area contributed by atoms with Gasteiger partial charge in [-0.05, 0) is 42.0 Å². The number of anilines is 1. The molecule has 1 N–H and O–H groups in total. The summed E-state index contributed by atoms with van der Waals surface area (Å²) < 4.78 is 7.67. The van der Waals surface area contributed by atoms with E-state index in [4.69, 9.17) is 4.74 Å². The summed E-state index contributed by atoms with van der Waals surface area (Å²) in [5.41, 5.74) is 3.24. The van der Waals surface area contributed by atoms with Gasteiger partial charge in [0.25, 0.3) is 5.91 Å². The van der Waals surface area contributed by atoms with Gasteiger partial charge >= 0.3 is 0 Å². The highest BCUT2D eigenvalue weighted by molar-refractivity contribution is 6.05. The van der Waals surface area contributed by atoms with Crippen molar-refractivity contribution in [2.45, 2.75) is 13.2 Å². The van der Waals surface area contributed by atoms with Crippen LogP contribution < -0.4 is 10.1 Å². The molecule has 1 aromatic heterocycles. The molecular formula is C24H21N3O2. The Kier molecular flexibility index (Phi) is 5.67. The second kappa shape index (κ2) is 8.89. The van der Waals surface area contributed by atoms with Gasteiger partial charge in [0.05, 0.1) is 6.54 Å². The molecule has 0 spiro atoms. The molecule has 0 unspecified atom stereocenters. The van der Waals surface area contributed by atoms with Gasteiger partial charge in [-0.2, -0.15) is 5.10 Å². The zero-order chi connectivity index (χ0) is 19.9. The topological polar surface area (TPSA) is 56.2 Å². The van der Waals surface area contributed by atoms with E-state index in [2.05, 4.69) is 10.4 Å². The van der Waals surface area contributed by atoms with Crippen LogP contribution in [0.15, 0.2) is 97.3 Å². The molecule has 4 aromatic rings. The molecule has 0 aliphatic carbocycles. The summed E-state index contributed by atoms with van der Waals surface area (Å²) in [5, 5.41) is 7.21. The zero-order valence-electron chi connectivity index (χ0n) is 15.9. The Labute approximate surface area is 169 Å². The Morgan fingerprint density at radius 3 is 2.59 bits per heavy atom. The number of nitrogens with one attached hydrogen (secondary N) is 1. The fraction of sp³-hybridized carbons (Fsp3) is 0.0833. The van der Waals surface area contributed by atoms with Crippen LogP contribution in [0.2, 0.25) is 0 Å². The first-order valence-electron chi connectivity index (χ1n) is 9.41. The maximum atomic E-state index is 12.9. The quantitative estimate of drug-likeness (QED) is 0.500. The Morgan fingerprint density at radius 2 is 1.76 bits per heavy atom. The van der Waals surface area contributed by atoms with Crippen molar-refractivity contribution < 1.29 is 9.53 Å². The molecule has 0 atom stereocenters. The van der Waals surface area contributed by atoms with Crippen LogP contribution in [0.5, 0.6) is 5.75 Å². The molecule has 0 fully saturated rings. The molecule has 0 saturated carbocycles. The van der Waals surface area contributed by atoms with Crippen LogP contribution in [0.4, 0.5) is 5.69 Å². The van der Waals surface area contributed by atoms with Crippen LogP contribution in [-0.4, -0.2) is 15.7 Å². The molecule has 3 aromatic carbocycles. The molecule has 4 rings (SSSR count). The van der Waals surface area contributed by atoms with E-state index in [1.165, 1.54) is 0 Å². The average Bonchev–Trinajstić information content (AvgIpc) is 3.26. The van der Waals surface area contributed by atoms with E-state index < -0.39 is 0 Å². The molecular weight excluding hydrogens is 362 g/mol. The number of rotatable bonds is 7. The van der Waals surface area contributed by atoms with Crippen molar-refractivity contribution in [3.05, 3.63) is 114 Å². The number of hydrogen-bond acceptors (Lipinski definition) is 3. The molecule has 0 saturated heterocycles. The van der Waals surface area contributed by atoms with E-state index in [1.54, 1.807) is 6.20 Å². The molecule has 0 bridgehead atoms. The molecule has 0 radical (unpaired) electrons. The number of benzene rings is 3. The summed E-state index contributed by atoms with van der Waals surface area (Å²) in [7, 11) is 0. The highest BCUT2D eigenvalue weighted by Gasteiger charge is 2.12. The van der Waals surface area contributed by atoms with Gasteiger partial charge in [0.15, 0.2) is 0 Å². The number of para-hydroxylation sites is 1. The van der Waals surface area contributed by atoms with E-state index >= 15 is 0 Å². The lowest BCUT2D eigenvalue weighted by Crippen LogP contribution is -2.15. The van der Waals surface area contributed by atoms with E-state index in [1.807, 2.05) is 95.8 Å². The molecule has 5 nitrogen and oxygen atoms in total. The van der Waals surface area contributed by atoms with E-state index in [-0.39, 0.29) is 5.91 Å². The van der Waals surface area contributed by atoms with Crippen molar-refractivity contribution in [3.63, 3.8) is 0 Å². The van der Waals surface area contributed by atoms with E-state index in [0.29, 0.717) is 18.7 Å². The van der Waals surface area contributed by atoms with Gasteiger partial charge in [0.2, 0.25) is 0 Å². The molecule has 29 heavy (non-hydrogen) atoms. The first-order valence-corrected chi connectivity index (χ1v) is 9.41. The first-order chi connectivity index (χ1) is 14.3. The summed E-state index contributed by atoms with van der Waals surface area (Å²) in [6.45, 7) is 0.977. The summed E-state index contributed by atoms with van der Waals surface area (Å²) in [6, 6.07) is 26.7. The maximum Gasteiger partial charge on any atom is 0.256 e. The number of amides is 1. The van der Waals surface area contributed by atoms with Gasteiger partial charge in [-0.3, -0.25) is 9.48 Å². The Hall–Kier alpha value is -3.86. The van der Waals surface area contributed by atoms with Gasteiger partial charge in [0, 0.05) is 29.2 Å². The van der Waals surface area contributed by atoms with Gasteiger partial charge < -0.3 is 10.1 Å². The van der Waals surface area contributed by atoms with E-state index in [9.17, 15) is 4.79 Å². The monoisotopic (exact) mass is 383 g/mol. The van der Waals surface area contributed by atoms with Crippen LogP contribution >= 0.6 is 0 Å². The van der Waals surface area contributed by atoms with Crippen LogP contribution in [0.1, 0.15) is 21.5 Å². The first kappa shape index (κ1) is 18.5. The summed E-state index contributed by atoms with van der Waals surface area (Å²) in [5.74, 6) is 0.613. The predicted octanol–water partition coefficient (Wildman–Crippen LogP) is 4.76. The minimum atomic E-state index is -0.159. The fourth-order valence-corrected chi connectivity index (χ4v) is 3.07. The summed E-state index contributed by atoms with van der Waals surface area (Å²) in [4.78, 5) is 12.9. The number of ether oxygens (including phenoxy) is 1. The van der Waals surface area contributed by atoms with Gasteiger partial charge in [-0.25, -0.2) is 0 Å². The van der Waals surface area contributed by atoms with Gasteiger partial charge in [-0.1, -0.05) is 48.5 Å². The number of nitrogens with zero attached hydrogens (tertiary/aromatic N) is 2. The van der Waals surface area contributed by atoms with Gasteiger partial charge in [-0.15, -0.1) is 0 Å². The van der Waals surface area contributed by atoms with Crippen molar-refractivity contribution in [2.75, 3.05) is 5.32 Å². The largest absolute Gasteiger partial charge is 0.489 e. The fourth-order valence-electron chi connectivity index (χ4n) is 3.07. The number of hydrogen-bond donors (Lipinski definition) is 1. The van der Waals surface area contributed by atoms with Crippen LogP contribution in [0.25, 0.3) is 0 Å². The molecule has 0 aliphatic heterocycles. The maximum absolute atomic E-state index is 12.9. The van der Waals surface area contributed by atoms with Crippen molar-refractivity contribution >= 4 is 11.6 Å². The van der Waals surface area contributed by atoms with Crippen molar-refractivity contribution in [1.29, 1.82) is 0 Å². The van der Waals surface area contributed by atoms with Crippen molar-refractivity contribution in [3.8, 4) is 5.75 Å². The second-order valence-corrected chi connectivity index (χ2v) is 6.62. The lowest BCUT2D eigenvalue weighted by molar-refractivity contribution is 0.102. The molecule has 5 heteroatoms. The molecule has 1 heterocycles. The molecule has 144 valence electrons. The number of carbonyl (C=O) groups excluding carboxylic acids is 1. The summed E-state index contributed by atoms with van der Waals surface area (Å²) in [6.07, 6.45) is 3.66. The molecule has 0 aliphatic rings. The molecule has 1 amide bonds. The standard InChI is InChI=1S/C24H21N3O2/c28-24(26-21-10-6-8-19(16-21)17-27-15-7-14-25-27)23-13-5-4-9-20(23)18-29-22-11-2-1-3-12-22/h1-16H,17-18H2,(H,26,28). The van der Waals surface area contributed by atoms with Crippen molar-refractivity contribution in [2.24, 2.45) is 0 Å². The minimum Gasteiger partial charge on any atom is -0.489 e. The van der Waals surface area contributed by atoms with Crippen molar-refractivity contribution in [1.82, 2.24) is 9.78 Å². The third kappa shape index (κ3) is 4.90. The summed E-state index contributed by atoms with van der Waals surface area (Å²) >= 11 is 0. The second-order valence-electron chi connectivity index (χ2n) is 6.62. The third-order valence-electron chi connectivity index (χ3n) is 4.49. The van der Waals surface area contributed by atoms with Gasteiger partial charge in [0.1, 0.15) is 12.4 Å². The minimum absolute atomic E-state index is 0.159. The van der Waals surface area contributed by atoms with Crippen LogP contribution in [0.3, 0.4) is 0 Å². The Balaban J connectivity index is 1.46.